The first-order chi connectivity index (χ1) is 24.4. The summed E-state index contributed by atoms with van der Waals surface area (Å²) in [5.74, 6) is -0.437. The Morgan fingerprint density at radius 1 is 0.941 bits per heavy atom. The molecule has 0 aliphatic rings. The molecule has 0 saturated carbocycles. The smallest absolute Gasteiger partial charge is 0.326 e. The zero-order valence-electron chi connectivity index (χ0n) is 29.0. The van der Waals surface area contributed by atoms with Crippen LogP contribution in [-0.2, 0) is 24.6 Å². The van der Waals surface area contributed by atoms with E-state index in [1.807, 2.05) is 31.2 Å². The maximum Gasteiger partial charge on any atom is 0.326 e. The molecule has 4 aromatic carbocycles. The number of nitriles is 1. The molecule has 262 valence electrons. The fraction of sp³-hybridized carbons (Fsp3) is 0.244. The number of nitrogens with two attached hydrogens (primary N) is 1. The van der Waals surface area contributed by atoms with Crippen LogP contribution in [0.5, 0.6) is 11.5 Å². The molecule has 10 heteroatoms. The van der Waals surface area contributed by atoms with Gasteiger partial charge >= 0.3 is 5.97 Å². The van der Waals surface area contributed by atoms with Crippen LogP contribution in [0.2, 0.25) is 5.02 Å². The van der Waals surface area contributed by atoms with Crippen molar-refractivity contribution >= 4 is 17.6 Å². The molecule has 9 nitrogen and oxygen atoms in total. The van der Waals surface area contributed by atoms with Crippen molar-refractivity contribution in [1.82, 2.24) is 10.3 Å². The number of rotatable bonds is 14. The highest BCUT2D eigenvalue weighted by Gasteiger charge is 2.32. The second-order valence-corrected chi connectivity index (χ2v) is 13.2. The molecule has 5 aromatic rings. The summed E-state index contributed by atoms with van der Waals surface area (Å²) < 4.78 is 12.5. The predicted octanol–water partition coefficient (Wildman–Crippen LogP) is 7.66. The summed E-state index contributed by atoms with van der Waals surface area (Å²) in [5.41, 5.74) is 15.0. The summed E-state index contributed by atoms with van der Waals surface area (Å²) in [6.45, 7) is 7.30. The minimum Gasteiger partial charge on any atom is -0.488 e. The number of ether oxygens (including phenoxy) is 2. The molecule has 1 aromatic heterocycles. The molecule has 0 radical (unpaired) electrons. The van der Waals surface area contributed by atoms with Crippen molar-refractivity contribution in [1.29, 1.82) is 5.26 Å². The third kappa shape index (κ3) is 8.56. The molecule has 0 aliphatic heterocycles. The van der Waals surface area contributed by atoms with Crippen LogP contribution in [0.3, 0.4) is 0 Å². The molecule has 1 unspecified atom stereocenters. The summed E-state index contributed by atoms with van der Waals surface area (Å²) >= 11 is 6.74. The minimum atomic E-state index is -1.59. The van der Waals surface area contributed by atoms with Crippen molar-refractivity contribution in [3.8, 4) is 39.8 Å². The average Bonchev–Trinajstić information content (AvgIpc) is 3.13. The third-order valence-corrected chi connectivity index (χ3v) is 9.36. The van der Waals surface area contributed by atoms with Gasteiger partial charge in [0.25, 0.3) is 0 Å². The van der Waals surface area contributed by atoms with E-state index >= 15 is 0 Å². The number of aliphatic hydroxyl groups excluding tert-OH is 1. The van der Waals surface area contributed by atoms with Crippen LogP contribution < -0.4 is 20.5 Å². The van der Waals surface area contributed by atoms with E-state index in [1.54, 1.807) is 24.4 Å². The van der Waals surface area contributed by atoms with E-state index in [-0.39, 0.29) is 25.8 Å². The van der Waals surface area contributed by atoms with Crippen LogP contribution >= 0.6 is 11.6 Å². The Morgan fingerprint density at radius 2 is 1.63 bits per heavy atom. The lowest BCUT2D eigenvalue weighted by molar-refractivity contribution is -0.145. The van der Waals surface area contributed by atoms with E-state index in [2.05, 4.69) is 66.6 Å². The highest BCUT2D eigenvalue weighted by molar-refractivity contribution is 6.32. The lowest BCUT2D eigenvalue weighted by atomic mass is 9.89. The minimum absolute atomic E-state index is 0.0320. The van der Waals surface area contributed by atoms with Gasteiger partial charge in [-0.25, -0.2) is 0 Å². The van der Waals surface area contributed by atoms with Crippen molar-refractivity contribution < 1.29 is 24.5 Å². The molecule has 0 spiro atoms. The quantitative estimate of drug-likeness (QED) is 0.0913. The zero-order chi connectivity index (χ0) is 36.7. The number of aliphatic carboxylic acids is 1. The number of nitrogens with one attached hydrogen (secondary N) is 1. The number of carboxylic acid groups (broad SMARTS) is 1. The molecule has 0 amide bonds. The molecular formula is C41H41ClN4O5. The number of pyridine rings is 1. The predicted molar refractivity (Wildman–Crippen MR) is 198 cm³/mol. The number of hydrogen-bond acceptors (Lipinski definition) is 8. The molecule has 1 heterocycles. The van der Waals surface area contributed by atoms with Crippen LogP contribution in [0.4, 0.5) is 0 Å². The molecule has 0 aliphatic carbocycles. The van der Waals surface area contributed by atoms with E-state index in [0.29, 0.717) is 33.2 Å². The van der Waals surface area contributed by atoms with Gasteiger partial charge in [0.05, 0.1) is 17.2 Å². The van der Waals surface area contributed by atoms with Gasteiger partial charge in [-0.2, -0.15) is 5.26 Å². The highest BCUT2D eigenvalue weighted by Crippen LogP contribution is 2.37. The van der Waals surface area contributed by atoms with E-state index in [9.17, 15) is 20.3 Å². The molecule has 0 saturated heterocycles. The Bertz CT molecular complexity index is 2090. The summed E-state index contributed by atoms with van der Waals surface area (Å²) in [7, 11) is 0. The van der Waals surface area contributed by atoms with Gasteiger partial charge in [0.15, 0.2) is 0 Å². The summed E-state index contributed by atoms with van der Waals surface area (Å²) in [6.07, 6.45) is 3.06. The molecule has 5 rings (SSSR count). The number of carboxylic acids is 1. The fourth-order valence-electron chi connectivity index (χ4n) is 5.75. The first kappa shape index (κ1) is 37.0. The van der Waals surface area contributed by atoms with Gasteiger partial charge in [-0.05, 0) is 90.4 Å². The van der Waals surface area contributed by atoms with Gasteiger partial charge in [0.2, 0.25) is 0 Å². The maximum absolute atomic E-state index is 11.8. The van der Waals surface area contributed by atoms with Crippen molar-refractivity contribution in [2.24, 2.45) is 5.73 Å². The van der Waals surface area contributed by atoms with Crippen LogP contribution in [-0.4, -0.2) is 33.3 Å². The van der Waals surface area contributed by atoms with Crippen LogP contribution in [0.25, 0.3) is 22.3 Å². The highest BCUT2D eigenvalue weighted by atomic mass is 35.5. The number of aliphatic hydroxyl groups is 1. The standard InChI is InChI=1S/C41H41ClN4O5/c1-25-32(10-6-12-35(25)36-13-7-11-34(26(36)2)31-9-5-8-30(15-31)27(3)44)23-51-39-17-38(50-22-29-14-28(18-43)19-45-20-29)33(16-37(39)42)21-46-41(4,24-47)40(48)49/h5-17,19-20,27,46-47H,21-24,44H2,1-4H3,(H,48,49)/t27?,41-/m0/s1. The number of aromatic nitrogens is 1. The summed E-state index contributed by atoms with van der Waals surface area (Å²) in [4.78, 5) is 15.9. The van der Waals surface area contributed by atoms with Gasteiger partial charge in [-0.1, -0.05) is 66.2 Å². The SMILES string of the molecule is Cc1c(COc2cc(OCc3cncc(C#N)c3)c(CN[C@@](C)(CO)C(=O)O)cc2Cl)cccc1-c1cccc(-c2cccc(C(C)N)c2)c1C. The van der Waals surface area contributed by atoms with Gasteiger partial charge < -0.3 is 25.4 Å². The normalized spacial score (nSPS) is 12.8. The number of nitrogens with zero attached hydrogens (tertiary/aromatic N) is 2. The Morgan fingerprint density at radius 3 is 2.33 bits per heavy atom. The van der Waals surface area contributed by atoms with Crippen molar-refractivity contribution in [2.75, 3.05) is 6.61 Å². The molecule has 0 bridgehead atoms. The van der Waals surface area contributed by atoms with Crippen LogP contribution in [0, 0.1) is 25.2 Å². The topological polar surface area (TPSA) is 151 Å². The van der Waals surface area contributed by atoms with E-state index in [1.165, 1.54) is 13.1 Å². The first-order valence-corrected chi connectivity index (χ1v) is 16.9. The molecule has 2 atom stereocenters. The van der Waals surface area contributed by atoms with Crippen LogP contribution in [0.1, 0.15) is 58.8 Å². The van der Waals surface area contributed by atoms with E-state index < -0.39 is 18.1 Å². The van der Waals surface area contributed by atoms with Gasteiger partial charge in [0.1, 0.15) is 36.3 Å². The van der Waals surface area contributed by atoms with Gasteiger partial charge in [-0.3, -0.25) is 15.1 Å². The van der Waals surface area contributed by atoms with E-state index in [0.717, 1.165) is 44.5 Å². The zero-order valence-corrected chi connectivity index (χ0v) is 29.8. The Kier molecular flexibility index (Phi) is 11.8. The number of hydrogen-bond donors (Lipinski definition) is 4. The lowest BCUT2D eigenvalue weighted by Crippen LogP contribution is -2.52. The van der Waals surface area contributed by atoms with Crippen molar-refractivity contribution in [2.45, 2.75) is 59.0 Å². The lowest BCUT2D eigenvalue weighted by Gasteiger charge is -2.25. The summed E-state index contributed by atoms with van der Waals surface area (Å²) in [5, 5.41) is 31.9. The third-order valence-electron chi connectivity index (χ3n) is 9.07. The van der Waals surface area contributed by atoms with E-state index in [4.69, 9.17) is 26.8 Å². The Hall–Kier alpha value is -5.24. The Labute approximate surface area is 303 Å². The summed E-state index contributed by atoms with van der Waals surface area (Å²) in [6, 6.07) is 27.8. The monoisotopic (exact) mass is 704 g/mol. The van der Waals surface area contributed by atoms with Gasteiger partial charge in [0, 0.05) is 42.2 Å². The Balaban J connectivity index is 1.42. The fourth-order valence-corrected chi connectivity index (χ4v) is 5.99. The first-order valence-electron chi connectivity index (χ1n) is 16.5. The van der Waals surface area contributed by atoms with Crippen molar-refractivity contribution in [3.05, 3.63) is 135 Å². The largest absolute Gasteiger partial charge is 0.488 e. The molecular weight excluding hydrogens is 664 g/mol. The average molecular weight is 705 g/mol. The maximum atomic E-state index is 11.8. The van der Waals surface area contributed by atoms with Crippen molar-refractivity contribution in [3.63, 3.8) is 0 Å². The molecule has 5 N–H and O–H groups in total. The number of benzene rings is 4. The molecule has 51 heavy (non-hydrogen) atoms. The second-order valence-electron chi connectivity index (χ2n) is 12.8. The molecule has 0 fully saturated rings. The van der Waals surface area contributed by atoms with Crippen LogP contribution in [0.15, 0.2) is 91.3 Å². The van der Waals surface area contributed by atoms with Gasteiger partial charge in [-0.15, -0.1) is 0 Å². The number of carbonyl (C=O) groups is 1. The second kappa shape index (κ2) is 16.2. The number of halogens is 1.